The first-order valence-corrected chi connectivity index (χ1v) is 13.0. The monoisotopic (exact) mass is 553 g/mol. The molecule has 202 valence electrons. The van der Waals surface area contributed by atoms with Crippen molar-refractivity contribution in [2.24, 2.45) is 5.73 Å². The molecule has 0 bridgehead atoms. The number of hydrogen-bond donors (Lipinski definition) is 2. The number of ether oxygens (including phenoxy) is 1. The van der Waals surface area contributed by atoms with Crippen molar-refractivity contribution in [3.05, 3.63) is 52.1 Å². The average molecular weight is 554 g/mol. The van der Waals surface area contributed by atoms with Gasteiger partial charge in [0.1, 0.15) is 16.3 Å². The zero-order chi connectivity index (χ0) is 27.1. The van der Waals surface area contributed by atoms with Crippen LogP contribution in [0, 0.1) is 5.82 Å². The molecule has 1 saturated heterocycles. The van der Waals surface area contributed by atoms with E-state index in [1.54, 1.807) is 28.8 Å². The number of nitrogen functional groups attached to an aromatic ring is 1. The summed E-state index contributed by atoms with van der Waals surface area (Å²) in [5.41, 5.74) is 12.6. The topological polar surface area (TPSA) is 163 Å². The quantitative estimate of drug-likeness (QED) is 0.285. The van der Waals surface area contributed by atoms with Gasteiger partial charge >= 0.3 is 4.87 Å². The van der Waals surface area contributed by atoms with Crippen LogP contribution in [0.15, 0.2) is 45.8 Å². The number of furan rings is 1. The molecule has 1 aliphatic rings. The third-order valence-electron chi connectivity index (χ3n) is 6.51. The fourth-order valence-electron chi connectivity index (χ4n) is 4.58. The van der Waals surface area contributed by atoms with Gasteiger partial charge in [-0.15, -0.1) is 5.10 Å². The molecule has 1 aliphatic heterocycles. The number of anilines is 2. The second kappa shape index (κ2) is 9.99. The lowest BCUT2D eigenvalue weighted by atomic mass is 10.2. The average Bonchev–Trinajstić information content (AvgIpc) is 3.66. The van der Waals surface area contributed by atoms with Gasteiger partial charge in [0, 0.05) is 45.3 Å². The van der Waals surface area contributed by atoms with Crippen molar-refractivity contribution in [1.82, 2.24) is 29.0 Å². The van der Waals surface area contributed by atoms with Crippen LogP contribution in [0.2, 0.25) is 0 Å². The third kappa shape index (κ3) is 4.77. The zero-order valence-corrected chi connectivity index (χ0v) is 21.4. The van der Waals surface area contributed by atoms with E-state index < -0.39 is 11.7 Å². The summed E-state index contributed by atoms with van der Waals surface area (Å²) in [4.78, 5) is 36.8. The van der Waals surface area contributed by atoms with Crippen molar-refractivity contribution in [3.8, 4) is 17.3 Å². The highest BCUT2D eigenvalue weighted by Gasteiger charge is 2.22. The molecule has 5 aromatic rings. The molecule has 0 aliphatic carbocycles. The van der Waals surface area contributed by atoms with Gasteiger partial charge in [-0.2, -0.15) is 9.50 Å². The van der Waals surface area contributed by atoms with Crippen LogP contribution in [-0.2, 0) is 11.3 Å². The Morgan fingerprint density at radius 1 is 1.13 bits per heavy atom. The van der Waals surface area contributed by atoms with Gasteiger partial charge in [0.15, 0.2) is 23.7 Å². The van der Waals surface area contributed by atoms with Gasteiger partial charge in [0.2, 0.25) is 11.8 Å². The smallest absolute Gasteiger partial charge is 0.309 e. The van der Waals surface area contributed by atoms with Crippen molar-refractivity contribution in [1.29, 1.82) is 0 Å². The predicted molar refractivity (Wildman–Crippen MR) is 142 cm³/mol. The van der Waals surface area contributed by atoms with Crippen LogP contribution in [-0.4, -0.2) is 74.3 Å². The Hall–Kier alpha value is -4.50. The summed E-state index contributed by atoms with van der Waals surface area (Å²) in [5.74, 6) is 0.159. The number of carbonyl (C=O) groups is 1. The van der Waals surface area contributed by atoms with E-state index in [0.717, 1.165) is 11.3 Å². The number of amides is 1. The molecule has 4 N–H and O–H groups in total. The van der Waals surface area contributed by atoms with E-state index in [9.17, 15) is 14.0 Å². The van der Waals surface area contributed by atoms with Crippen LogP contribution in [0.5, 0.6) is 5.75 Å². The SMILES string of the molecule is NC(=O)COc1ccc(N2CCN(CCn3c(=O)sc4c3nc(N)n3nc(-c5ccco5)nc43)CC2)c(F)c1. The fraction of sp³-hybridized carbons (Fsp3) is 0.292. The summed E-state index contributed by atoms with van der Waals surface area (Å²) in [6, 6.07) is 7.99. The number of aromatic nitrogens is 5. The Morgan fingerprint density at radius 2 is 1.95 bits per heavy atom. The van der Waals surface area contributed by atoms with Crippen LogP contribution >= 0.6 is 11.3 Å². The number of nitrogens with zero attached hydrogens (tertiary/aromatic N) is 7. The second-order valence-corrected chi connectivity index (χ2v) is 9.95. The highest BCUT2D eigenvalue weighted by Crippen LogP contribution is 2.27. The lowest BCUT2D eigenvalue weighted by molar-refractivity contribution is -0.119. The molecule has 4 aromatic heterocycles. The first-order valence-electron chi connectivity index (χ1n) is 12.1. The Balaban J connectivity index is 1.14. The van der Waals surface area contributed by atoms with Gasteiger partial charge < -0.3 is 25.5 Å². The molecule has 15 heteroatoms. The van der Waals surface area contributed by atoms with Gasteiger partial charge in [0.25, 0.3) is 5.91 Å². The number of thiazole rings is 1. The van der Waals surface area contributed by atoms with E-state index in [1.807, 2.05) is 4.90 Å². The van der Waals surface area contributed by atoms with Crippen LogP contribution in [0.25, 0.3) is 27.6 Å². The second-order valence-electron chi connectivity index (χ2n) is 8.99. The molecule has 0 atom stereocenters. The number of hydrogen-bond acceptors (Lipinski definition) is 11. The van der Waals surface area contributed by atoms with Crippen molar-refractivity contribution < 1.29 is 18.3 Å². The minimum atomic E-state index is -0.626. The highest BCUT2D eigenvalue weighted by atomic mass is 32.1. The molecule has 1 fully saturated rings. The molecule has 1 amide bonds. The van der Waals surface area contributed by atoms with Gasteiger partial charge in [0.05, 0.1) is 12.0 Å². The summed E-state index contributed by atoms with van der Waals surface area (Å²) >= 11 is 1.05. The Morgan fingerprint density at radius 3 is 2.67 bits per heavy atom. The van der Waals surface area contributed by atoms with Crippen LogP contribution in [0.4, 0.5) is 16.0 Å². The molecule has 1 aromatic carbocycles. The third-order valence-corrected chi connectivity index (χ3v) is 7.48. The lowest BCUT2D eigenvalue weighted by Gasteiger charge is -2.36. The van der Waals surface area contributed by atoms with Crippen molar-refractivity contribution in [3.63, 3.8) is 0 Å². The Labute approximate surface area is 224 Å². The Bertz CT molecular complexity index is 1720. The summed E-state index contributed by atoms with van der Waals surface area (Å²) in [5, 5.41) is 4.38. The number of primary amides is 1. The molecule has 0 unspecified atom stereocenters. The summed E-state index contributed by atoms with van der Waals surface area (Å²) < 4.78 is 28.9. The van der Waals surface area contributed by atoms with E-state index >= 15 is 0 Å². The minimum absolute atomic E-state index is 0.121. The first kappa shape index (κ1) is 24.8. The Kier molecular flexibility index (Phi) is 6.36. The molecular weight excluding hydrogens is 529 g/mol. The largest absolute Gasteiger partial charge is 0.484 e. The summed E-state index contributed by atoms with van der Waals surface area (Å²) in [6.07, 6.45) is 1.53. The van der Waals surface area contributed by atoms with Crippen LogP contribution in [0.1, 0.15) is 0 Å². The fourth-order valence-corrected chi connectivity index (χ4v) is 5.51. The molecule has 0 radical (unpaired) electrons. The summed E-state index contributed by atoms with van der Waals surface area (Å²) in [6.45, 7) is 3.31. The van der Waals surface area contributed by atoms with E-state index in [4.69, 9.17) is 20.6 Å². The molecule has 0 spiro atoms. The van der Waals surface area contributed by atoms with Gasteiger partial charge in [-0.25, -0.2) is 9.37 Å². The van der Waals surface area contributed by atoms with E-state index in [2.05, 4.69) is 20.0 Å². The number of fused-ring (bicyclic) bond motifs is 3. The van der Waals surface area contributed by atoms with E-state index in [1.165, 1.54) is 16.8 Å². The lowest BCUT2D eigenvalue weighted by Crippen LogP contribution is -2.47. The van der Waals surface area contributed by atoms with Gasteiger partial charge in [-0.1, -0.05) is 11.3 Å². The number of rotatable bonds is 8. The maximum atomic E-state index is 14.7. The maximum absolute atomic E-state index is 14.7. The standard InChI is InChI=1S/C24H24FN9O4S/c25-15-12-14(38-13-18(26)35)3-4-16(15)32-8-5-31(6-9-32)7-10-33-21-19(39-24(33)36)22-28-20(17-2-1-11-37-17)30-34(22)23(27)29-21/h1-4,11-12H,5-10,13H2,(H2,26,35)(H2,27,29). The van der Waals surface area contributed by atoms with Crippen molar-refractivity contribution in [2.45, 2.75) is 6.54 Å². The highest BCUT2D eigenvalue weighted by molar-refractivity contribution is 7.17. The van der Waals surface area contributed by atoms with Crippen LogP contribution < -0.4 is 26.0 Å². The van der Waals surface area contributed by atoms with Crippen molar-refractivity contribution in [2.75, 3.05) is 50.0 Å². The predicted octanol–water partition coefficient (Wildman–Crippen LogP) is 1.17. The number of halogens is 1. The zero-order valence-electron chi connectivity index (χ0n) is 20.6. The molecule has 6 rings (SSSR count). The van der Waals surface area contributed by atoms with E-state index in [-0.39, 0.29) is 23.2 Å². The first-order chi connectivity index (χ1) is 18.9. The maximum Gasteiger partial charge on any atom is 0.309 e. The number of nitrogens with two attached hydrogens (primary N) is 2. The molecule has 0 saturated carbocycles. The molecular formula is C24H24FN9O4S. The van der Waals surface area contributed by atoms with Crippen molar-refractivity contribution >= 4 is 44.9 Å². The van der Waals surface area contributed by atoms with E-state index in [0.29, 0.717) is 72.5 Å². The number of carbonyl (C=O) groups excluding carboxylic acids is 1. The normalized spacial score (nSPS) is 14.4. The number of piperazine rings is 1. The minimum Gasteiger partial charge on any atom is -0.484 e. The molecule has 39 heavy (non-hydrogen) atoms. The number of benzene rings is 1. The van der Waals surface area contributed by atoms with Gasteiger partial charge in [-0.3, -0.25) is 19.1 Å². The van der Waals surface area contributed by atoms with Gasteiger partial charge in [-0.05, 0) is 24.3 Å². The molecule has 13 nitrogen and oxygen atoms in total. The summed E-state index contributed by atoms with van der Waals surface area (Å²) in [7, 11) is 0. The molecule has 5 heterocycles. The van der Waals surface area contributed by atoms with Crippen LogP contribution in [0.3, 0.4) is 0 Å².